The topological polar surface area (TPSA) is 28.2 Å². The maximum atomic E-state index is 4.81. The molecule has 2 rings (SSSR count). The molecule has 0 atom stereocenters. The van der Waals surface area contributed by atoms with Crippen LogP contribution in [0.4, 0.5) is 5.82 Å². The highest BCUT2D eigenvalue weighted by Gasteiger charge is 2.30. The molecule has 0 radical (unpaired) electrons. The van der Waals surface area contributed by atoms with Gasteiger partial charge in [0.1, 0.15) is 5.82 Å². The molecule has 106 valence electrons. The van der Waals surface area contributed by atoms with E-state index in [1.54, 1.807) is 0 Å². The Morgan fingerprint density at radius 2 is 2.11 bits per heavy atom. The maximum absolute atomic E-state index is 4.81. The van der Waals surface area contributed by atoms with Gasteiger partial charge in [0.2, 0.25) is 0 Å². The molecule has 1 aliphatic rings. The van der Waals surface area contributed by atoms with Crippen LogP contribution in [-0.2, 0) is 13.0 Å². The van der Waals surface area contributed by atoms with Crippen LogP contribution in [0.2, 0.25) is 0 Å². The molecular weight excluding hydrogens is 234 g/mol. The minimum absolute atomic E-state index is 0.422. The first-order chi connectivity index (χ1) is 9.04. The smallest absolute Gasteiger partial charge is 0.129 e. The van der Waals surface area contributed by atoms with Crippen LogP contribution in [0.15, 0.2) is 12.1 Å². The van der Waals surface area contributed by atoms with Crippen molar-refractivity contribution in [1.29, 1.82) is 0 Å². The first-order valence-corrected chi connectivity index (χ1v) is 7.49. The van der Waals surface area contributed by atoms with Crippen LogP contribution in [0.5, 0.6) is 0 Å². The number of rotatable bonds is 5. The highest BCUT2D eigenvalue weighted by Crippen LogP contribution is 2.32. The van der Waals surface area contributed by atoms with E-state index in [9.17, 15) is 0 Å². The molecule has 3 heteroatoms. The van der Waals surface area contributed by atoms with Gasteiger partial charge in [-0.3, -0.25) is 0 Å². The standard InChI is InChI=1S/C16H27N3/c1-5-14-9-13(11-17-6-2)10-15(18-14)19-8-7-16(3,4)12-19/h9-10,17H,5-8,11-12H2,1-4H3. The van der Waals surface area contributed by atoms with E-state index in [1.165, 1.54) is 17.7 Å². The molecule has 1 N–H and O–H groups in total. The summed E-state index contributed by atoms with van der Waals surface area (Å²) in [7, 11) is 0. The van der Waals surface area contributed by atoms with Crippen LogP contribution in [0, 0.1) is 5.41 Å². The number of hydrogen-bond donors (Lipinski definition) is 1. The largest absolute Gasteiger partial charge is 0.356 e. The van der Waals surface area contributed by atoms with Crippen molar-refractivity contribution in [3.05, 3.63) is 23.4 Å². The van der Waals surface area contributed by atoms with E-state index < -0.39 is 0 Å². The molecule has 2 heterocycles. The van der Waals surface area contributed by atoms with Gasteiger partial charge in [0, 0.05) is 25.3 Å². The summed E-state index contributed by atoms with van der Waals surface area (Å²) in [5, 5.41) is 3.40. The molecule has 0 amide bonds. The number of aromatic nitrogens is 1. The van der Waals surface area contributed by atoms with Crippen molar-refractivity contribution in [2.45, 2.75) is 47.1 Å². The van der Waals surface area contributed by atoms with E-state index >= 15 is 0 Å². The van der Waals surface area contributed by atoms with Gasteiger partial charge in [-0.2, -0.15) is 0 Å². The zero-order chi connectivity index (χ0) is 13.9. The quantitative estimate of drug-likeness (QED) is 0.883. The number of nitrogens with zero attached hydrogens (tertiary/aromatic N) is 2. The second kappa shape index (κ2) is 5.91. The second-order valence-corrected chi connectivity index (χ2v) is 6.29. The van der Waals surface area contributed by atoms with Crippen LogP contribution >= 0.6 is 0 Å². The minimum Gasteiger partial charge on any atom is -0.356 e. The van der Waals surface area contributed by atoms with Crippen LogP contribution in [-0.4, -0.2) is 24.6 Å². The molecule has 0 saturated carbocycles. The van der Waals surface area contributed by atoms with Gasteiger partial charge in [0.15, 0.2) is 0 Å². The fourth-order valence-electron chi connectivity index (χ4n) is 2.66. The monoisotopic (exact) mass is 261 g/mol. The summed E-state index contributed by atoms with van der Waals surface area (Å²) in [5.41, 5.74) is 2.98. The van der Waals surface area contributed by atoms with E-state index in [2.05, 4.69) is 50.0 Å². The summed E-state index contributed by atoms with van der Waals surface area (Å²) in [6.45, 7) is 13.2. The summed E-state index contributed by atoms with van der Waals surface area (Å²) in [4.78, 5) is 7.24. The average Bonchev–Trinajstić information content (AvgIpc) is 2.76. The second-order valence-electron chi connectivity index (χ2n) is 6.29. The first-order valence-electron chi connectivity index (χ1n) is 7.49. The molecule has 1 aromatic rings. The van der Waals surface area contributed by atoms with E-state index in [0.717, 1.165) is 38.4 Å². The molecule has 3 nitrogen and oxygen atoms in total. The fourth-order valence-corrected chi connectivity index (χ4v) is 2.66. The van der Waals surface area contributed by atoms with Gasteiger partial charge in [-0.05, 0) is 42.5 Å². The first kappa shape index (κ1) is 14.3. The number of hydrogen-bond acceptors (Lipinski definition) is 3. The molecular formula is C16H27N3. The summed E-state index contributed by atoms with van der Waals surface area (Å²) in [6, 6.07) is 4.48. The number of pyridine rings is 1. The van der Waals surface area contributed by atoms with Crippen molar-refractivity contribution in [3.8, 4) is 0 Å². The Labute approximate surface area is 117 Å². The highest BCUT2D eigenvalue weighted by atomic mass is 15.2. The van der Waals surface area contributed by atoms with Crippen molar-refractivity contribution in [2.24, 2.45) is 5.41 Å². The summed E-state index contributed by atoms with van der Waals surface area (Å²) >= 11 is 0. The third-order valence-electron chi connectivity index (χ3n) is 3.87. The SMILES string of the molecule is CCNCc1cc(CC)nc(N2CCC(C)(C)C2)c1. The van der Waals surface area contributed by atoms with Gasteiger partial charge < -0.3 is 10.2 Å². The van der Waals surface area contributed by atoms with Crippen molar-refractivity contribution >= 4 is 5.82 Å². The number of nitrogens with one attached hydrogen (secondary N) is 1. The van der Waals surface area contributed by atoms with Crippen LogP contribution in [0.25, 0.3) is 0 Å². The molecule has 0 aliphatic carbocycles. The Morgan fingerprint density at radius 3 is 2.68 bits per heavy atom. The predicted octanol–water partition coefficient (Wildman–Crippen LogP) is 2.99. The molecule has 0 unspecified atom stereocenters. The average molecular weight is 261 g/mol. The van der Waals surface area contributed by atoms with Crippen molar-refractivity contribution in [1.82, 2.24) is 10.3 Å². The van der Waals surface area contributed by atoms with Crippen LogP contribution in [0.1, 0.15) is 45.4 Å². The molecule has 19 heavy (non-hydrogen) atoms. The lowest BCUT2D eigenvalue weighted by molar-refractivity contribution is 0.418. The maximum Gasteiger partial charge on any atom is 0.129 e. The van der Waals surface area contributed by atoms with E-state index in [0.29, 0.717) is 5.41 Å². The molecule has 1 aliphatic heterocycles. The number of aryl methyl sites for hydroxylation is 1. The summed E-state index contributed by atoms with van der Waals surface area (Å²) < 4.78 is 0. The Kier molecular flexibility index (Phi) is 4.46. The molecule has 0 aromatic carbocycles. The van der Waals surface area contributed by atoms with Crippen molar-refractivity contribution in [2.75, 3.05) is 24.5 Å². The predicted molar refractivity (Wildman–Crippen MR) is 81.6 cm³/mol. The molecule has 0 bridgehead atoms. The Bertz CT molecular complexity index is 426. The minimum atomic E-state index is 0.422. The molecule has 1 saturated heterocycles. The third kappa shape index (κ3) is 3.69. The van der Waals surface area contributed by atoms with E-state index in [4.69, 9.17) is 4.98 Å². The fraction of sp³-hybridized carbons (Fsp3) is 0.688. The van der Waals surface area contributed by atoms with Crippen molar-refractivity contribution in [3.63, 3.8) is 0 Å². The van der Waals surface area contributed by atoms with Gasteiger partial charge in [-0.25, -0.2) is 4.98 Å². The third-order valence-corrected chi connectivity index (χ3v) is 3.87. The van der Waals surface area contributed by atoms with Gasteiger partial charge in [-0.1, -0.05) is 27.7 Å². The van der Waals surface area contributed by atoms with Gasteiger partial charge in [0.05, 0.1) is 0 Å². The van der Waals surface area contributed by atoms with Gasteiger partial charge >= 0.3 is 0 Å². The summed E-state index contributed by atoms with van der Waals surface area (Å²) in [5.74, 6) is 1.16. The Morgan fingerprint density at radius 1 is 1.32 bits per heavy atom. The normalized spacial score (nSPS) is 18.0. The lowest BCUT2D eigenvalue weighted by Crippen LogP contribution is -2.24. The lowest BCUT2D eigenvalue weighted by Gasteiger charge is -2.22. The van der Waals surface area contributed by atoms with E-state index in [-0.39, 0.29) is 0 Å². The Hall–Kier alpha value is -1.09. The highest BCUT2D eigenvalue weighted by molar-refractivity contribution is 5.44. The van der Waals surface area contributed by atoms with Crippen molar-refractivity contribution < 1.29 is 0 Å². The van der Waals surface area contributed by atoms with Gasteiger partial charge in [-0.15, -0.1) is 0 Å². The van der Waals surface area contributed by atoms with Gasteiger partial charge in [0.25, 0.3) is 0 Å². The zero-order valence-electron chi connectivity index (χ0n) is 12.8. The number of anilines is 1. The Balaban J connectivity index is 2.19. The molecule has 0 spiro atoms. The lowest BCUT2D eigenvalue weighted by atomic mass is 9.93. The molecule has 1 aromatic heterocycles. The van der Waals surface area contributed by atoms with Crippen LogP contribution in [0.3, 0.4) is 0 Å². The zero-order valence-corrected chi connectivity index (χ0v) is 12.8. The molecule has 1 fully saturated rings. The summed E-state index contributed by atoms with van der Waals surface area (Å²) in [6.07, 6.45) is 2.26. The van der Waals surface area contributed by atoms with Crippen LogP contribution < -0.4 is 10.2 Å². The van der Waals surface area contributed by atoms with E-state index in [1.807, 2.05) is 0 Å².